The second-order valence-electron chi connectivity index (χ2n) is 4.50. The highest BCUT2D eigenvalue weighted by molar-refractivity contribution is 7.88. The van der Waals surface area contributed by atoms with Crippen LogP contribution in [0.4, 0.5) is 0 Å². The third-order valence-corrected chi connectivity index (χ3v) is 4.46. The van der Waals surface area contributed by atoms with Gasteiger partial charge >= 0.3 is 0 Å². The summed E-state index contributed by atoms with van der Waals surface area (Å²) in [4.78, 5) is 0. The molecule has 96 valence electrons. The topological polar surface area (TPSA) is 46.2 Å². The average Bonchev–Trinajstić information content (AvgIpc) is 2.20. The van der Waals surface area contributed by atoms with Gasteiger partial charge in [-0.25, -0.2) is 13.1 Å². The van der Waals surface area contributed by atoms with Crippen LogP contribution in [0.2, 0.25) is 5.02 Å². The zero-order chi connectivity index (χ0) is 13.1. The van der Waals surface area contributed by atoms with Gasteiger partial charge in [0.2, 0.25) is 10.0 Å². The lowest BCUT2D eigenvalue weighted by molar-refractivity contribution is 0.476. The summed E-state index contributed by atoms with van der Waals surface area (Å²) >= 11 is 5.94. The van der Waals surface area contributed by atoms with Gasteiger partial charge in [0.25, 0.3) is 0 Å². The van der Waals surface area contributed by atoms with Crippen LogP contribution in [0.5, 0.6) is 0 Å². The van der Waals surface area contributed by atoms with Gasteiger partial charge in [0, 0.05) is 11.1 Å². The van der Waals surface area contributed by atoms with E-state index in [1.54, 1.807) is 24.3 Å². The Balaban J connectivity index is 2.77. The van der Waals surface area contributed by atoms with E-state index in [9.17, 15) is 8.42 Å². The summed E-state index contributed by atoms with van der Waals surface area (Å²) in [6.07, 6.45) is 0. The molecule has 0 aromatic heterocycles. The minimum Gasteiger partial charge on any atom is -0.212 e. The van der Waals surface area contributed by atoms with Crippen molar-refractivity contribution < 1.29 is 8.42 Å². The highest BCUT2D eigenvalue weighted by atomic mass is 35.5. The second kappa shape index (κ2) is 5.85. The molecule has 0 unspecified atom stereocenters. The molecule has 0 spiro atoms. The standard InChI is InChI=1S/C12H18ClNO2S/c1-9(2)10(3)14-17(15,16)8-11-6-4-5-7-12(11)13/h4-7,9-10,14H,8H2,1-3H3/t10-/m1/s1. The lowest BCUT2D eigenvalue weighted by Gasteiger charge is -2.17. The van der Waals surface area contributed by atoms with Crippen molar-refractivity contribution in [1.82, 2.24) is 4.72 Å². The fraction of sp³-hybridized carbons (Fsp3) is 0.500. The number of nitrogens with one attached hydrogen (secondary N) is 1. The molecule has 1 rings (SSSR count). The summed E-state index contributed by atoms with van der Waals surface area (Å²) in [5, 5.41) is 0.482. The number of hydrogen-bond donors (Lipinski definition) is 1. The average molecular weight is 276 g/mol. The summed E-state index contributed by atoms with van der Waals surface area (Å²) < 4.78 is 26.4. The molecule has 0 amide bonds. The van der Waals surface area contributed by atoms with Gasteiger partial charge in [-0.1, -0.05) is 43.6 Å². The Kier molecular flexibility index (Phi) is 4.98. The molecule has 1 aromatic carbocycles. The molecule has 17 heavy (non-hydrogen) atoms. The van der Waals surface area contributed by atoms with Gasteiger partial charge in [-0.3, -0.25) is 0 Å². The number of sulfonamides is 1. The van der Waals surface area contributed by atoms with Crippen LogP contribution in [0, 0.1) is 5.92 Å². The van der Waals surface area contributed by atoms with Gasteiger partial charge in [0.15, 0.2) is 0 Å². The lowest BCUT2D eigenvalue weighted by Crippen LogP contribution is -2.36. The lowest BCUT2D eigenvalue weighted by atomic mass is 10.1. The van der Waals surface area contributed by atoms with Gasteiger partial charge in [-0.15, -0.1) is 0 Å². The Hall–Kier alpha value is -0.580. The smallest absolute Gasteiger partial charge is 0.212 e. The number of hydrogen-bond acceptors (Lipinski definition) is 2. The van der Waals surface area contributed by atoms with E-state index in [2.05, 4.69) is 4.72 Å². The van der Waals surface area contributed by atoms with E-state index >= 15 is 0 Å². The van der Waals surface area contributed by atoms with Crippen molar-refractivity contribution in [2.45, 2.75) is 32.6 Å². The Bertz CT molecular complexity index is 471. The van der Waals surface area contributed by atoms with Gasteiger partial charge in [0.05, 0.1) is 5.75 Å². The molecule has 0 saturated heterocycles. The van der Waals surface area contributed by atoms with Crippen molar-refractivity contribution in [2.75, 3.05) is 0 Å². The molecule has 5 heteroatoms. The molecule has 0 aliphatic rings. The Labute approximate surface area is 108 Å². The maximum Gasteiger partial charge on any atom is 0.216 e. The fourth-order valence-electron chi connectivity index (χ4n) is 1.28. The fourth-order valence-corrected chi connectivity index (χ4v) is 3.15. The number of rotatable bonds is 5. The van der Waals surface area contributed by atoms with Crippen molar-refractivity contribution in [2.24, 2.45) is 5.92 Å². The van der Waals surface area contributed by atoms with Crippen LogP contribution in [0.1, 0.15) is 26.3 Å². The van der Waals surface area contributed by atoms with E-state index < -0.39 is 10.0 Å². The number of benzene rings is 1. The van der Waals surface area contributed by atoms with E-state index in [1.165, 1.54) is 0 Å². The molecule has 0 aliphatic carbocycles. The molecule has 0 bridgehead atoms. The molecule has 0 saturated carbocycles. The van der Waals surface area contributed by atoms with Crippen LogP contribution in [0.3, 0.4) is 0 Å². The Morgan fingerprint density at radius 3 is 2.35 bits per heavy atom. The number of halogens is 1. The minimum atomic E-state index is -3.34. The molecule has 0 radical (unpaired) electrons. The summed E-state index contributed by atoms with van der Waals surface area (Å²) in [5.41, 5.74) is 0.623. The Morgan fingerprint density at radius 1 is 1.24 bits per heavy atom. The molecule has 0 fully saturated rings. The van der Waals surface area contributed by atoms with E-state index in [1.807, 2.05) is 20.8 Å². The zero-order valence-electron chi connectivity index (χ0n) is 10.3. The Morgan fingerprint density at radius 2 is 1.82 bits per heavy atom. The molecular formula is C12H18ClNO2S. The first-order valence-electron chi connectivity index (χ1n) is 5.55. The van der Waals surface area contributed by atoms with Crippen LogP contribution in [-0.4, -0.2) is 14.5 Å². The van der Waals surface area contributed by atoms with Crippen molar-refractivity contribution >= 4 is 21.6 Å². The zero-order valence-corrected chi connectivity index (χ0v) is 11.8. The van der Waals surface area contributed by atoms with Crippen molar-refractivity contribution in [3.63, 3.8) is 0 Å². The first-order chi connectivity index (χ1) is 7.82. The van der Waals surface area contributed by atoms with Crippen LogP contribution in [0.15, 0.2) is 24.3 Å². The maximum atomic E-state index is 11.9. The predicted molar refractivity (Wildman–Crippen MR) is 71.5 cm³/mol. The SMILES string of the molecule is CC(C)[C@@H](C)NS(=O)(=O)Cc1ccccc1Cl. The molecule has 3 nitrogen and oxygen atoms in total. The molecule has 1 atom stereocenters. The van der Waals surface area contributed by atoms with E-state index in [0.29, 0.717) is 10.6 Å². The van der Waals surface area contributed by atoms with Crippen molar-refractivity contribution in [3.8, 4) is 0 Å². The normalized spacial score (nSPS) is 13.9. The predicted octanol–water partition coefficient (Wildman–Crippen LogP) is 2.80. The van der Waals surface area contributed by atoms with E-state index in [4.69, 9.17) is 11.6 Å². The van der Waals surface area contributed by atoms with Crippen molar-refractivity contribution in [3.05, 3.63) is 34.9 Å². The quantitative estimate of drug-likeness (QED) is 0.898. The molecule has 1 N–H and O–H groups in total. The van der Waals surface area contributed by atoms with Crippen LogP contribution < -0.4 is 4.72 Å². The first kappa shape index (κ1) is 14.5. The summed E-state index contributed by atoms with van der Waals surface area (Å²) in [6.45, 7) is 5.81. The molecule has 0 heterocycles. The van der Waals surface area contributed by atoms with Crippen LogP contribution in [0.25, 0.3) is 0 Å². The van der Waals surface area contributed by atoms with Gasteiger partial charge < -0.3 is 0 Å². The summed E-state index contributed by atoms with van der Waals surface area (Å²) in [5.74, 6) is 0.181. The minimum absolute atomic E-state index is 0.0796. The molecule has 0 aliphatic heterocycles. The third-order valence-electron chi connectivity index (χ3n) is 2.67. The third kappa shape index (κ3) is 4.66. The van der Waals surface area contributed by atoms with E-state index in [-0.39, 0.29) is 17.7 Å². The van der Waals surface area contributed by atoms with Crippen LogP contribution >= 0.6 is 11.6 Å². The van der Waals surface area contributed by atoms with Crippen LogP contribution in [-0.2, 0) is 15.8 Å². The van der Waals surface area contributed by atoms with Gasteiger partial charge in [-0.05, 0) is 24.5 Å². The second-order valence-corrected chi connectivity index (χ2v) is 6.66. The molecular weight excluding hydrogens is 258 g/mol. The largest absolute Gasteiger partial charge is 0.216 e. The van der Waals surface area contributed by atoms with E-state index in [0.717, 1.165) is 0 Å². The first-order valence-corrected chi connectivity index (χ1v) is 7.58. The maximum absolute atomic E-state index is 11.9. The summed E-state index contributed by atoms with van der Waals surface area (Å²) in [7, 11) is -3.34. The highest BCUT2D eigenvalue weighted by Crippen LogP contribution is 2.17. The van der Waals surface area contributed by atoms with Gasteiger partial charge in [0.1, 0.15) is 0 Å². The summed E-state index contributed by atoms with van der Waals surface area (Å²) in [6, 6.07) is 6.90. The molecule has 1 aromatic rings. The monoisotopic (exact) mass is 275 g/mol. The van der Waals surface area contributed by atoms with Gasteiger partial charge in [-0.2, -0.15) is 0 Å². The highest BCUT2D eigenvalue weighted by Gasteiger charge is 2.18. The van der Waals surface area contributed by atoms with Crippen molar-refractivity contribution in [1.29, 1.82) is 0 Å².